The van der Waals surface area contributed by atoms with Gasteiger partial charge in [-0.1, -0.05) is 28.1 Å². The smallest absolute Gasteiger partial charge is 0.269 e. The molecule has 2 aromatic rings. The Balaban J connectivity index is 1.87. The monoisotopic (exact) mass is 346 g/mol. The number of nitrogens with one attached hydrogen (secondary N) is 1. The highest BCUT2D eigenvalue weighted by Crippen LogP contribution is 2.36. The predicted molar refractivity (Wildman–Crippen MR) is 82.3 cm³/mol. The quantitative estimate of drug-likeness (QED) is 0.681. The van der Waals surface area contributed by atoms with Crippen molar-refractivity contribution in [1.29, 1.82) is 0 Å². The van der Waals surface area contributed by atoms with Crippen molar-refractivity contribution >= 4 is 33.2 Å². The molecule has 2 aromatic carbocycles. The molecule has 21 heavy (non-hydrogen) atoms. The molecule has 1 aliphatic rings. The highest BCUT2D eigenvalue weighted by molar-refractivity contribution is 9.10. The number of halogens is 1. The number of carbonyl (C=O) groups is 1. The highest BCUT2D eigenvalue weighted by atomic mass is 79.9. The number of hydrogen-bond donors (Lipinski definition) is 1. The van der Waals surface area contributed by atoms with Crippen LogP contribution >= 0.6 is 15.9 Å². The second-order valence-electron chi connectivity index (χ2n) is 4.90. The summed E-state index contributed by atoms with van der Waals surface area (Å²) in [5.41, 5.74) is 2.73. The number of hydrogen-bond acceptors (Lipinski definition) is 3. The van der Waals surface area contributed by atoms with Gasteiger partial charge in [0.15, 0.2) is 0 Å². The van der Waals surface area contributed by atoms with Gasteiger partial charge in [-0.15, -0.1) is 0 Å². The Bertz CT molecular complexity index is 728. The summed E-state index contributed by atoms with van der Waals surface area (Å²) < 4.78 is 0.923. The van der Waals surface area contributed by atoms with E-state index >= 15 is 0 Å². The van der Waals surface area contributed by atoms with Crippen LogP contribution in [0.25, 0.3) is 0 Å². The Kier molecular flexibility index (Phi) is 3.47. The molecule has 1 aliphatic heterocycles. The molecule has 1 amide bonds. The topological polar surface area (TPSA) is 72.2 Å². The van der Waals surface area contributed by atoms with Crippen LogP contribution in [0.4, 0.5) is 11.4 Å². The zero-order valence-corrected chi connectivity index (χ0v) is 12.5. The van der Waals surface area contributed by atoms with E-state index in [1.807, 2.05) is 18.2 Å². The molecule has 0 spiro atoms. The van der Waals surface area contributed by atoms with Crippen molar-refractivity contribution in [2.45, 2.75) is 12.3 Å². The van der Waals surface area contributed by atoms with Crippen LogP contribution in [0.2, 0.25) is 0 Å². The van der Waals surface area contributed by atoms with Gasteiger partial charge in [0, 0.05) is 22.3 Å². The van der Waals surface area contributed by atoms with Crippen molar-refractivity contribution in [1.82, 2.24) is 0 Å². The summed E-state index contributed by atoms with van der Waals surface area (Å²) in [6.07, 6.45) is 0.521. The normalized spacial score (nSPS) is 16.4. The Morgan fingerprint density at radius 3 is 2.57 bits per heavy atom. The summed E-state index contributed by atoms with van der Waals surface area (Å²) in [5, 5.41) is 13.5. The van der Waals surface area contributed by atoms with Crippen LogP contribution in [0, 0.1) is 10.1 Å². The van der Waals surface area contributed by atoms with E-state index in [0.29, 0.717) is 6.42 Å². The van der Waals surface area contributed by atoms with Crippen LogP contribution in [0.5, 0.6) is 0 Å². The molecule has 1 atom stereocenters. The van der Waals surface area contributed by atoms with E-state index in [4.69, 9.17) is 0 Å². The van der Waals surface area contributed by atoms with Crippen molar-refractivity contribution in [2.75, 3.05) is 5.32 Å². The zero-order valence-electron chi connectivity index (χ0n) is 10.9. The standard InChI is InChI=1S/C15H11BrN2O3/c16-10-3-6-14-12(8-10)13(15(19)17-14)7-9-1-4-11(5-2-9)18(20)21/h1-6,8,13H,7H2,(H,17,19)/t13-/m0/s1. The lowest BCUT2D eigenvalue weighted by Crippen LogP contribution is -2.14. The minimum atomic E-state index is -0.432. The van der Waals surface area contributed by atoms with E-state index in [1.54, 1.807) is 12.1 Å². The molecule has 106 valence electrons. The molecule has 0 fully saturated rings. The SMILES string of the molecule is O=C1Nc2ccc(Br)cc2[C@@H]1Cc1ccc([N+](=O)[O-])cc1. The van der Waals surface area contributed by atoms with Gasteiger partial charge in [-0.3, -0.25) is 14.9 Å². The Hall–Kier alpha value is -2.21. The lowest BCUT2D eigenvalue weighted by molar-refractivity contribution is -0.384. The fourth-order valence-corrected chi connectivity index (χ4v) is 2.87. The first-order valence-corrected chi connectivity index (χ1v) is 7.17. The van der Waals surface area contributed by atoms with Gasteiger partial charge in [-0.2, -0.15) is 0 Å². The van der Waals surface area contributed by atoms with Crippen LogP contribution < -0.4 is 5.32 Å². The van der Waals surface area contributed by atoms with Crippen LogP contribution in [0.3, 0.4) is 0 Å². The van der Waals surface area contributed by atoms with Gasteiger partial charge in [-0.25, -0.2) is 0 Å². The summed E-state index contributed by atoms with van der Waals surface area (Å²) in [7, 11) is 0. The van der Waals surface area contributed by atoms with Gasteiger partial charge >= 0.3 is 0 Å². The maximum Gasteiger partial charge on any atom is 0.269 e. The molecule has 0 saturated heterocycles. The molecule has 0 bridgehead atoms. The minimum Gasteiger partial charge on any atom is -0.325 e. The van der Waals surface area contributed by atoms with Crippen molar-refractivity contribution in [3.05, 3.63) is 68.2 Å². The molecule has 0 saturated carbocycles. The number of anilines is 1. The number of nitro groups is 1. The van der Waals surface area contributed by atoms with Crippen LogP contribution in [-0.2, 0) is 11.2 Å². The molecule has 1 heterocycles. The van der Waals surface area contributed by atoms with Gasteiger partial charge in [0.25, 0.3) is 5.69 Å². The molecule has 6 heteroatoms. The van der Waals surface area contributed by atoms with E-state index in [1.165, 1.54) is 12.1 Å². The van der Waals surface area contributed by atoms with E-state index in [-0.39, 0.29) is 17.5 Å². The number of benzene rings is 2. The van der Waals surface area contributed by atoms with Crippen molar-refractivity contribution in [3.63, 3.8) is 0 Å². The van der Waals surface area contributed by atoms with Gasteiger partial charge in [0.1, 0.15) is 0 Å². The highest BCUT2D eigenvalue weighted by Gasteiger charge is 2.30. The summed E-state index contributed by atoms with van der Waals surface area (Å²) in [5.74, 6) is -0.305. The first-order valence-electron chi connectivity index (χ1n) is 6.38. The molecular formula is C15H11BrN2O3. The van der Waals surface area contributed by atoms with Crippen LogP contribution in [0.1, 0.15) is 17.0 Å². The molecule has 0 aromatic heterocycles. The van der Waals surface area contributed by atoms with Crippen LogP contribution in [-0.4, -0.2) is 10.8 Å². The van der Waals surface area contributed by atoms with Gasteiger partial charge in [0.2, 0.25) is 5.91 Å². The molecule has 3 rings (SSSR count). The summed E-state index contributed by atoms with van der Waals surface area (Å²) in [6.45, 7) is 0. The lowest BCUT2D eigenvalue weighted by atomic mass is 9.93. The number of nitrogens with zero attached hydrogens (tertiary/aromatic N) is 1. The van der Waals surface area contributed by atoms with E-state index in [9.17, 15) is 14.9 Å². The molecule has 0 radical (unpaired) electrons. The summed E-state index contributed by atoms with van der Waals surface area (Å²) in [6, 6.07) is 12.0. The minimum absolute atomic E-state index is 0.0403. The lowest BCUT2D eigenvalue weighted by Gasteiger charge is -2.09. The Morgan fingerprint density at radius 2 is 1.90 bits per heavy atom. The van der Waals surface area contributed by atoms with Gasteiger partial charge in [0.05, 0.1) is 10.8 Å². The first kappa shape index (κ1) is 13.8. The zero-order chi connectivity index (χ0) is 15.0. The van der Waals surface area contributed by atoms with Crippen molar-refractivity contribution in [2.24, 2.45) is 0 Å². The molecule has 0 aliphatic carbocycles. The largest absolute Gasteiger partial charge is 0.325 e. The summed E-state index contributed by atoms with van der Waals surface area (Å²) >= 11 is 3.41. The average molecular weight is 347 g/mol. The van der Waals surface area contributed by atoms with E-state index in [0.717, 1.165) is 21.3 Å². The maximum absolute atomic E-state index is 12.1. The second-order valence-corrected chi connectivity index (χ2v) is 5.82. The predicted octanol–water partition coefficient (Wildman–Crippen LogP) is 3.64. The fourth-order valence-electron chi connectivity index (χ4n) is 2.49. The molecular weight excluding hydrogens is 336 g/mol. The number of amides is 1. The van der Waals surface area contributed by atoms with Gasteiger partial charge < -0.3 is 5.32 Å². The number of non-ortho nitro benzene ring substituents is 1. The molecule has 1 N–H and O–H groups in total. The van der Waals surface area contributed by atoms with Crippen molar-refractivity contribution < 1.29 is 9.72 Å². The van der Waals surface area contributed by atoms with E-state index in [2.05, 4.69) is 21.2 Å². The number of fused-ring (bicyclic) bond motifs is 1. The Morgan fingerprint density at radius 1 is 1.19 bits per heavy atom. The van der Waals surface area contributed by atoms with Crippen LogP contribution in [0.15, 0.2) is 46.9 Å². The second kappa shape index (κ2) is 5.29. The molecule has 5 nitrogen and oxygen atoms in total. The van der Waals surface area contributed by atoms with Crippen molar-refractivity contribution in [3.8, 4) is 0 Å². The third-order valence-electron chi connectivity index (χ3n) is 3.55. The third kappa shape index (κ3) is 2.67. The third-order valence-corrected chi connectivity index (χ3v) is 4.04. The number of carbonyl (C=O) groups excluding carboxylic acids is 1. The maximum atomic E-state index is 12.1. The average Bonchev–Trinajstić information content (AvgIpc) is 2.76. The first-order chi connectivity index (χ1) is 10.0. The van der Waals surface area contributed by atoms with Gasteiger partial charge in [-0.05, 0) is 35.7 Å². The fraction of sp³-hybridized carbons (Fsp3) is 0.133. The molecule has 0 unspecified atom stereocenters. The van der Waals surface area contributed by atoms with E-state index < -0.39 is 4.92 Å². The summed E-state index contributed by atoms with van der Waals surface area (Å²) in [4.78, 5) is 22.3. The Labute approximate surface area is 129 Å². The number of nitro benzene ring substituents is 1. The number of rotatable bonds is 3.